The first-order valence-corrected chi connectivity index (χ1v) is 8.15. The van der Waals surface area contributed by atoms with Gasteiger partial charge in [-0.25, -0.2) is 9.69 Å². The summed E-state index contributed by atoms with van der Waals surface area (Å²) in [6.07, 6.45) is 2.11. The van der Waals surface area contributed by atoms with Gasteiger partial charge in [-0.3, -0.25) is 4.79 Å². The Morgan fingerprint density at radius 2 is 1.84 bits per heavy atom. The molecule has 4 heterocycles. The molecule has 0 spiro atoms. The van der Waals surface area contributed by atoms with Crippen molar-refractivity contribution in [3.8, 4) is 0 Å². The molecule has 5 rings (SSSR count). The number of fused-ring (bicyclic) bond motifs is 3. The fourth-order valence-electron chi connectivity index (χ4n) is 3.08. The van der Waals surface area contributed by atoms with Crippen LogP contribution in [0.2, 0.25) is 0 Å². The first-order chi connectivity index (χ1) is 12.0. The lowest BCUT2D eigenvalue weighted by Gasteiger charge is -2.52. The predicted molar refractivity (Wildman–Crippen MR) is 85.1 cm³/mol. The van der Waals surface area contributed by atoms with Crippen LogP contribution in [0, 0.1) is 5.41 Å². The lowest BCUT2D eigenvalue weighted by Crippen LogP contribution is -2.67. The number of nitrogens with zero attached hydrogens (tertiary/aromatic N) is 1. The SMILES string of the molecule is CC12COC([C@@H]3C=CC(=O)N3C(=O)OCc3ccccc3)(OC1)OC2. The normalized spacial score (nSPS) is 33.7. The van der Waals surface area contributed by atoms with Crippen LogP contribution in [-0.4, -0.2) is 48.7 Å². The molecule has 25 heavy (non-hydrogen) atoms. The van der Waals surface area contributed by atoms with E-state index in [2.05, 4.69) is 0 Å². The van der Waals surface area contributed by atoms with Gasteiger partial charge in [-0.2, -0.15) is 0 Å². The average molecular weight is 345 g/mol. The van der Waals surface area contributed by atoms with Crippen molar-refractivity contribution in [1.29, 1.82) is 0 Å². The minimum atomic E-state index is -1.45. The molecule has 3 saturated heterocycles. The van der Waals surface area contributed by atoms with Gasteiger partial charge in [0.15, 0.2) is 0 Å². The van der Waals surface area contributed by atoms with E-state index in [4.69, 9.17) is 18.9 Å². The Morgan fingerprint density at radius 1 is 1.20 bits per heavy atom. The Hall–Kier alpha value is -2.22. The highest BCUT2D eigenvalue weighted by Crippen LogP contribution is 2.42. The summed E-state index contributed by atoms with van der Waals surface area (Å²) in [4.78, 5) is 25.7. The molecule has 0 aliphatic carbocycles. The number of hydrogen-bond donors (Lipinski definition) is 0. The lowest BCUT2D eigenvalue weighted by molar-refractivity contribution is -0.473. The molecule has 0 saturated carbocycles. The molecule has 1 atom stereocenters. The van der Waals surface area contributed by atoms with Gasteiger partial charge in [-0.15, -0.1) is 0 Å². The van der Waals surface area contributed by atoms with E-state index in [9.17, 15) is 9.59 Å². The Morgan fingerprint density at radius 3 is 2.48 bits per heavy atom. The minimum absolute atomic E-state index is 0.0732. The summed E-state index contributed by atoms with van der Waals surface area (Å²) in [6.45, 7) is 3.40. The first-order valence-electron chi connectivity index (χ1n) is 8.15. The fourth-order valence-corrected chi connectivity index (χ4v) is 3.08. The number of amides is 2. The maximum Gasteiger partial charge on any atom is 0.417 e. The topological polar surface area (TPSA) is 74.3 Å². The summed E-state index contributed by atoms with van der Waals surface area (Å²) in [5.41, 5.74) is 0.632. The van der Waals surface area contributed by atoms with Gasteiger partial charge in [0, 0.05) is 11.5 Å². The Kier molecular flexibility index (Phi) is 3.87. The van der Waals surface area contributed by atoms with E-state index in [0.29, 0.717) is 19.8 Å². The zero-order valence-electron chi connectivity index (χ0n) is 13.8. The molecule has 3 fully saturated rings. The maximum absolute atomic E-state index is 12.5. The third kappa shape index (κ3) is 2.84. The van der Waals surface area contributed by atoms with E-state index >= 15 is 0 Å². The lowest BCUT2D eigenvalue weighted by atomic mass is 9.91. The minimum Gasteiger partial charge on any atom is -0.444 e. The molecule has 0 unspecified atom stereocenters. The molecule has 1 aromatic carbocycles. The molecule has 1 aromatic rings. The van der Waals surface area contributed by atoms with Crippen molar-refractivity contribution in [2.45, 2.75) is 25.5 Å². The summed E-state index contributed by atoms with van der Waals surface area (Å²) < 4.78 is 22.5. The van der Waals surface area contributed by atoms with Gasteiger partial charge < -0.3 is 18.9 Å². The van der Waals surface area contributed by atoms with Crippen LogP contribution in [-0.2, 0) is 30.3 Å². The van der Waals surface area contributed by atoms with E-state index < -0.39 is 24.0 Å². The van der Waals surface area contributed by atoms with Crippen molar-refractivity contribution >= 4 is 12.0 Å². The van der Waals surface area contributed by atoms with Crippen LogP contribution in [0.25, 0.3) is 0 Å². The van der Waals surface area contributed by atoms with Gasteiger partial charge in [0.25, 0.3) is 5.91 Å². The smallest absolute Gasteiger partial charge is 0.417 e. The zero-order valence-corrected chi connectivity index (χ0v) is 13.8. The molecule has 7 heteroatoms. The Labute approximate surface area is 145 Å². The third-order valence-electron chi connectivity index (χ3n) is 4.57. The molecular weight excluding hydrogens is 326 g/mol. The molecule has 4 aliphatic rings. The van der Waals surface area contributed by atoms with Crippen LogP contribution >= 0.6 is 0 Å². The van der Waals surface area contributed by atoms with Gasteiger partial charge in [-0.05, 0) is 11.6 Å². The van der Waals surface area contributed by atoms with Crippen LogP contribution in [0.4, 0.5) is 4.79 Å². The molecule has 0 N–H and O–H groups in total. The summed E-state index contributed by atoms with van der Waals surface area (Å²) in [6, 6.07) is 8.44. The van der Waals surface area contributed by atoms with Crippen molar-refractivity contribution in [3.05, 3.63) is 48.0 Å². The van der Waals surface area contributed by atoms with Crippen molar-refractivity contribution in [2.24, 2.45) is 5.41 Å². The van der Waals surface area contributed by atoms with Gasteiger partial charge in [0.1, 0.15) is 12.6 Å². The second kappa shape index (κ2) is 5.94. The van der Waals surface area contributed by atoms with Crippen molar-refractivity contribution in [2.75, 3.05) is 19.8 Å². The number of carbonyl (C=O) groups excluding carboxylic acids is 2. The number of imide groups is 1. The van der Waals surface area contributed by atoms with Gasteiger partial charge in [0.05, 0.1) is 19.8 Å². The van der Waals surface area contributed by atoms with Crippen LogP contribution in [0.15, 0.2) is 42.5 Å². The highest BCUT2D eigenvalue weighted by molar-refractivity contribution is 6.01. The van der Waals surface area contributed by atoms with Crippen LogP contribution < -0.4 is 0 Å². The largest absolute Gasteiger partial charge is 0.444 e. The van der Waals surface area contributed by atoms with E-state index in [-0.39, 0.29) is 12.0 Å². The number of benzene rings is 1. The van der Waals surface area contributed by atoms with E-state index in [0.717, 1.165) is 10.5 Å². The first kappa shape index (κ1) is 16.3. The van der Waals surface area contributed by atoms with E-state index in [1.165, 1.54) is 6.08 Å². The molecule has 4 aliphatic heterocycles. The molecular formula is C18H19NO6. The van der Waals surface area contributed by atoms with Crippen molar-refractivity contribution in [1.82, 2.24) is 4.90 Å². The second-order valence-corrected chi connectivity index (χ2v) is 6.83. The van der Waals surface area contributed by atoms with Crippen LogP contribution in [0.1, 0.15) is 12.5 Å². The number of carbonyl (C=O) groups is 2. The van der Waals surface area contributed by atoms with Crippen LogP contribution in [0.3, 0.4) is 0 Å². The third-order valence-corrected chi connectivity index (χ3v) is 4.57. The maximum atomic E-state index is 12.5. The average Bonchev–Trinajstić information content (AvgIpc) is 3.04. The summed E-state index contributed by atoms with van der Waals surface area (Å²) in [5, 5.41) is 0. The zero-order chi connectivity index (χ0) is 17.5. The predicted octanol–water partition coefficient (Wildman–Crippen LogP) is 1.83. The molecule has 2 bridgehead atoms. The van der Waals surface area contributed by atoms with Crippen LogP contribution in [0.5, 0.6) is 0 Å². The van der Waals surface area contributed by atoms with Gasteiger partial charge in [0.2, 0.25) is 0 Å². The Bertz CT molecular complexity index is 691. The van der Waals surface area contributed by atoms with E-state index in [1.54, 1.807) is 6.08 Å². The number of rotatable bonds is 3. The fraction of sp³-hybridized carbons (Fsp3) is 0.444. The summed E-state index contributed by atoms with van der Waals surface area (Å²) >= 11 is 0. The van der Waals surface area contributed by atoms with Crippen molar-refractivity contribution < 1.29 is 28.5 Å². The van der Waals surface area contributed by atoms with Crippen molar-refractivity contribution in [3.63, 3.8) is 0 Å². The van der Waals surface area contributed by atoms with E-state index in [1.807, 2.05) is 37.3 Å². The number of ether oxygens (including phenoxy) is 4. The molecule has 7 nitrogen and oxygen atoms in total. The Balaban J connectivity index is 1.48. The summed E-state index contributed by atoms with van der Waals surface area (Å²) in [7, 11) is 0. The number of hydrogen-bond acceptors (Lipinski definition) is 6. The highest BCUT2D eigenvalue weighted by Gasteiger charge is 2.59. The van der Waals surface area contributed by atoms with Gasteiger partial charge in [-0.1, -0.05) is 37.3 Å². The summed E-state index contributed by atoms with van der Waals surface area (Å²) in [5.74, 6) is -1.93. The molecule has 132 valence electrons. The van der Waals surface area contributed by atoms with Gasteiger partial charge >= 0.3 is 12.1 Å². The monoisotopic (exact) mass is 345 g/mol. The highest BCUT2D eigenvalue weighted by atomic mass is 16.9. The second-order valence-electron chi connectivity index (χ2n) is 6.83. The quantitative estimate of drug-likeness (QED) is 0.832. The molecule has 0 radical (unpaired) electrons. The molecule has 2 amide bonds. The standard InChI is InChI=1S/C18H19NO6/c1-17-10-23-18(24-11-17,25-12-17)14-7-8-15(20)19(14)16(21)22-9-13-5-3-2-4-6-13/h2-8,14H,9-12H2,1H3/t14-,17?,18?/m0/s1. The molecule has 0 aromatic heterocycles.